The molecular weight excluding hydrogens is 484 g/mol. The number of rotatable bonds is 10. The van der Waals surface area contributed by atoms with E-state index < -0.39 is 5.91 Å². The van der Waals surface area contributed by atoms with Crippen LogP contribution in [0.3, 0.4) is 0 Å². The number of nitrogens with one attached hydrogen (secondary N) is 2. The van der Waals surface area contributed by atoms with E-state index in [-0.39, 0.29) is 11.6 Å². The second-order valence-corrected chi connectivity index (χ2v) is 8.68. The molecule has 0 aliphatic carbocycles. The van der Waals surface area contributed by atoms with Crippen LogP contribution in [0.4, 0.5) is 5.69 Å². The van der Waals surface area contributed by atoms with E-state index in [1.807, 2.05) is 55.6 Å². The maximum atomic E-state index is 12.8. The van der Waals surface area contributed by atoms with Gasteiger partial charge in [-0.1, -0.05) is 24.3 Å². The van der Waals surface area contributed by atoms with Gasteiger partial charge in [-0.15, -0.1) is 0 Å². The molecule has 0 fully saturated rings. The molecule has 196 valence electrons. The van der Waals surface area contributed by atoms with Crippen molar-refractivity contribution in [2.75, 3.05) is 12.4 Å². The highest BCUT2D eigenvalue weighted by molar-refractivity contribution is 6.06. The lowest BCUT2D eigenvalue weighted by molar-refractivity contribution is -0.111. The van der Waals surface area contributed by atoms with Crippen molar-refractivity contribution in [1.29, 1.82) is 0 Å². The van der Waals surface area contributed by atoms with E-state index >= 15 is 0 Å². The summed E-state index contributed by atoms with van der Waals surface area (Å²) in [6.07, 6.45) is 8.02. The lowest BCUT2D eigenvalue weighted by atomic mass is 10.1. The topological polar surface area (TPSA) is 112 Å². The fourth-order valence-corrected chi connectivity index (χ4v) is 3.86. The molecule has 2 aromatic carbocycles. The zero-order valence-electron chi connectivity index (χ0n) is 21.8. The van der Waals surface area contributed by atoms with Gasteiger partial charge in [-0.05, 0) is 42.3 Å². The van der Waals surface area contributed by atoms with Crippen LogP contribution in [-0.2, 0) is 32.0 Å². The van der Waals surface area contributed by atoms with Crippen molar-refractivity contribution in [3.63, 3.8) is 0 Å². The number of ether oxygens (including phenoxy) is 2. The van der Waals surface area contributed by atoms with Gasteiger partial charge in [0.2, 0.25) is 5.91 Å². The van der Waals surface area contributed by atoms with Gasteiger partial charge in [0.05, 0.1) is 25.2 Å². The number of amides is 2. The van der Waals surface area contributed by atoms with Crippen molar-refractivity contribution in [2.45, 2.75) is 20.1 Å². The molecule has 4 aromatic rings. The summed E-state index contributed by atoms with van der Waals surface area (Å²) in [5, 5.41) is 13.8. The predicted octanol–water partition coefficient (Wildman–Crippen LogP) is 3.63. The molecule has 0 saturated carbocycles. The lowest BCUT2D eigenvalue weighted by Gasteiger charge is -2.12. The molecule has 4 rings (SSSR count). The number of carbonyl (C=O) groups is 2. The van der Waals surface area contributed by atoms with Crippen LogP contribution in [0.2, 0.25) is 0 Å². The largest absolute Gasteiger partial charge is 0.496 e. The zero-order valence-corrected chi connectivity index (χ0v) is 21.8. The Morgan fingerprint density at radius 3 is 2.61 bits per heavy atom. The lowest BCUT2D eigenvalue weighted by Crippen LogP contribution is -2.26. The van der Waals surface area contributed by atoms with E-state index in [1.165, 1.54) is 17.0 Å². The number of hydrogen-bond donors (Lipinski definition) is 2. The van der Waals surface area contributed by atoms with Gasteiger partial charge in [-0.3, -0.25) is 19.0 Å². The molecule has 0 radical (unpaired) electrons. The normalized spacial score (nSPS) is 10.9. The third-order valence-corrected chi connectivity index (χ3v) is 5.83. The van der Waals surface area contributed by atoms with Crippen LogP contribution in [0.15, 0.2) is 67.1 Å². The molecule has 10 nitrogen and oxygen atoms in total. The average Bonchev–Trinajstić information content (AvgIpc) is 3.50. The number of aromatic nitrogens is 4. The standard InChI is InChI=1S/C28H30N6O4/c1-19-7-5-6-8-24(19)38-18-22-13-20(9-11-25(22)37-4)10-12-26(35)32-23-16-31-34(3)27(23)28(36)29-14-21-15-30-33(2)17-21/h5-13,15-17H,14,18H2,1-4H3,(H,29,36)(H,32,35)/b12-10+. The maximum Gasteiger partial charge on any atom is 0.271 e. The van der Waals surface area contributed by atoms with Crippen molar-refractivity contribution in [3.05, 3.63) is 95.1 Å². The molecule has 2 N–H and O–H groups in total. The number of hydrogen-bond acceptors (Lipinski definition) is 6. The maximum absolute atomic E-state index is 12.8. The molecule has 0 saturated heterocycles. The van der Waals surface area contributed by atoms with E-state index in [2.05, 4.69) is 20.8 Å². The number of para-hydroxylation sites is 1. The van der Waals surface area contributed by atoms with Gasteiger partial charge in [0.15, 0.2) is 0 Å². The first-order valence-electron chi connectivity index (χ1n) is 12.0. The van der Waals surface area contributed by atoms with Crippen LogP contribution in [0.25, 0.3) is 6.08 Å². The number of nitrogens with zero attached hydrogens (tertiary/aromatic N) is 4. The molecule has 2 heterocycles. The number of carbonyl (C=O) groups excluding carboxylic acids is 2. The monoisotopic (exact) mass is 514 g/mol. The van der Waals surface area contributed by atoms with Crippen LogP contribution in [-0.4, -0.2) is 38.5 Å². The molecule has 0 bridgehead atoms. The minimum Gasteiger partial charge on any atom is -0.496 e. The fourth-order valence-electron chi connectivity index (χ4n) is 3.86. The van der Waals surface area contributed by atoms with E-state index in [1.54, 1.807) is 38.2 Å². The Morgan fingerprint density at radius 2 is 1.87 bits per heavy atom. The summed E-state index contributed by atoms with van der Waals surface area (Å²) in [4.78, 5) is 25.5. The van der Waals surface area contributed by atoms with Crippen LogP contribution >= 0.6 is 0 Å². The van der Waals surface area contributed by atoms with E-state index in [9.17, 15) is 9.59 Å². The molecule has 2 amide bonds. The van der Waals surface area contributed by atoms with Crippen LogP contribution in [0.5, 0.6) is 11.5 Å². The Labute approximate surface area is 220 Å². The summed E-state index contributed by atoms with van der Waals surface area (Å²) in [7, 11) is 5.05. The highest BCUT2D eigenvalue weighted by atomic mass is 16.5. The van der Waals surface area contributed by atoms with Crippen molar-refractivity contribution >= 4 is 23.6 Å². The van der Waals surface area contributed by atoms with Gasteiger partial charge in [0, 0.05) is 44.0 Å². The summed E-state index contributed by atoms with van der Waals surface area (Å²) in [6.45, 7) is 2.61. The second kappa shape index (κ2) is 11.9. The smallest absolute Gasteiger partial charge is 0.271 e. The minimum absolute atomic E-state index is 0.246. The van der Waals surface area contributed by atoms with Crippen LogP contribution in [0.1, 0.15) is 32.7 Å². The SMILES string of the molecule is COc1ccc(/C=C/C(=O)Nc2cnn(C)c2C(=O)NCc2cnn(C)c2)cc1COc1ccccc1C. The molecular formula is C28H30N6O4. The Hall–Kier alpha value is -4.86. The molecule has 0 aliphatic heterocycles. The Kier molecular flexibility index (Phi) is 8.22. The van der Waals surface area contributed by atoms with Crippen LogP contribution in [0, 0.1) is 6.92 Å². The molecule has 0 unspecified atom stereocenters. The summed E-state index contributed by atoms with van der Waals surface area (Å²) in [5.74, 6) is 0.735. The Morgan fingerprint density at radius 1 is 1.05 bits per heavy atom. The summed E-state index contributed by atoms with van der Waals surface area (Å²) >= 11 is 0. The first-order chi connectivity index (χ1) is 18.3. The van der Waals surface area contributed by atoms with E-state index in [0.717, 1.165) is 28.0 Å². The minimum atomic E-state index is -0.396. The molecule has 0 atom stereocenters. The van der Waals surface area contributed by atoms with Gasteiger partial charge < -0.3 is 20.1 Å². The van der Waals surface area contributed by atoms with Crippen molar-refractivity contribution in [2.24, 2.45) is 14.1 Å². The number of aryl methyl sites for hydroxylation is 3. The van der Waals surface area contributed by atoms with Crippen LogP contribution < -0.4 is 20.1 Å². The third-order valence-electron chi connectivity index (χ3n) is 5.83. The number of methoxy groups -OCH3 is 1. The fraction of sp³-hybridized carbons (Fsp3) is 0.214. The summed E-state index contributed by atoms with van der Waals surface area (Å²) in [5.41, 5.74) is 4.10. The van der Waals surface area contributed by atoms with E-state index in [4.69, 9.17) is 9.47 Å². The zero-order chi connectivity index (χ0) is 27.1. The summed E-state index contributed by atoms with van der Waals surface area (Å²) < 4.78 is 14.5. The van der Waals surface area contributed by atoms with Crippen molar-refractivity contribution in [1.82, 2.24) is 24.9 Å². The van der Waals surface area contributed by atoms with Gasteiger partial charge in [-0.25, -0.2) is 0 Å². The second-order valence-electron chi connectivity index (χ2n) is 8.68. The Bertz CT molecular complexity index is 1470. The van der Waals surface area contributed by atoms with Crippen molar-refractivity contribution in [3.8, 4) is 11.5 Å². The summed E-state index contributed by atoms with van der Waals surface area (Å²) in [6, 6.07) is 13.4. The third kappa shape index (κ3) is 6.47. The van der Waals surface area contributed by atoms with Gasteiger partial charge in [-0.2, -0.15) is 10.2 Å². The molecule has 38 heavy (non-hydrogen) atoms. The quantitative estimate of drug-likeness (QED) is 0.313. The number of benzene rings is 2. The van der Waals surface area contributed by atoms with E-state index in [0.29, 0.717) is 24.6 Å². The highest BCUT2D eigenvalue weighted by Crippen LogP contribution is 2.24. The van der Waals surface area contributed by atoms with Gasteiger partial charge >= 0.3 is 0 Å². The van der Waals surface area contributed by atoms with Gasteiger partial charge in [0.1, 0.15) is 23.8 Å². The average molecular weight is 515 g/mol. The number of anilines is 1. The molecule has 2 aromatic heterocycles. The first kappa shape index (κ1) is 26.2. The first-order valence-corrected chi connectivity index (χ1v) is 12.0. The Balaban J connectivity index is 1.41. The highest BCUT2D eigenvalue weighted by Gasteiger charge is 2.18. The van der Waals surface area contributed by atoms with Crippen molar-refractivity contribution < 1.29 is 19.1 Å². The molecule has 0 aliphatic rings. The molecule has 10 heteroatoms. The predicted molar refractivity (Wildman–Crippen MR) is 144 cm³/mol. The van der Waals surface area contributed by atoms with Gasteiger partial charge in [0.25, 0.3) is 5.91 Å². The molecule has 0 spiro atoms.